The van der Waals surface area contributed by atoms with E-state index >= 15 is 0 Å². The lowest BCUT2D eigenvalue weighted by molar-refractivity contribution is -0.136. The van der Waals surface area contributed by atoms with Gasteiger partial charge in [0.05, 0.1) is 36.1 Å². The highest BCUT2D eigenvalue weighted by atomic mass is 32.1. The molecular formula is C28H27N3O5S. The van der Waals surface area contributed by atoms with Crippen LogP contribution in [-0.4, -0.2) is 31.4 Å². The second-order valence-electron chi connectivity index (χ2n) is 8.75. The summed E-state index contributed by atoms with van der Waals surface area (Å²) in [5, 5.41) is 8.78. The van der Waals surface area contributed by atoms with E-state index in [0.29, 0.717) is 43.6 Å². The summed E-state index contributed by atoms with van der Waals surface area (Å²) in [4.78, 5) is 31.6. The molecule has 1 aliphatic heterocycles. The van der Waals surface area contributed by atoms with Gasteiger partial charge in [0.25, 0.3) is 5.56 Å². The fourth-order valence-electron chi connectivity index (χ4n) is 4.23. The predicted molar refractivity (Wildman–Crippen MR) is 140 cm³/mol. The van der Waals surface area contributed by atoms with Gasteiger partial charge in [-0.25, -0.2) is 9.79 Å². The van der Waals surface area contributed by atoms with E-state index in [-0.39, 0.29) is 12.2 Å². The minimum atomic E-state index is -0.664. The van der Waals surface area contributed by atoms with Crippen LogP contribution in [-0.2, 0) is 9.53 Å². The molecule has 0 unspecified atom stereocenters. The molecule has 8 nitrogen and oxygen atoms in total. The van der Waals surface area contributed by atoms with Crippen molar-refractivity contribution in [2.75, 3.05) is 20.8 Å². The average molecular weight is 518 g/mol. The van der Waals surface area contributed by atoms with Gasteiger partial charge in [-0.3, -0.25) is 9.36 Å². The largest absolute Gasteiger partial charge is 0.493 e. The van der Waals surface area contributed by atoms with Crippen LogP contribution in [0, 0.1) is 11.3 Å². The molecule has 0 spiro atoms. The van der Waals surface area contributed by atoms with Crippen LogP contribution in [0.2, 0.25) is 0 Å². The van der Waals surface area contributed by atoms with Crippen LogP contribution in [0.15, 0.2) is 63.5 Å². The van der Waals surface area contributed by atoms with E-state index in [1.807, 2.05) is 30.3 Å². The second-order valence-corrected chi connectivity index (χ2v) is 9.76. The van der Waals surface area contributed by atoms with Crippen molar-refractivity contribution < 1.29 is 19.0 Å². The van der Waals surface area contributed by atoms with Crippen LogP contribution in [0.1, 0.15) is 49.4 Å². The van der Waals surface area contributed by atoms with Crippen LogP contribution >= 0.6 is 11.3 Å². The van der Waals surface area contributed by atoms with Crippen molar-refractivity contribution in [3.05, 3.63) is 90.1 Å². The van der Waals surface area contributed by atoms with E-state index in [0.717, 1.165) is 11.1 Å². The number of methoxy groups -OCH3 is 2. The van der Waals surface area contributed by atoms with Crippen molar-refractivity contribution in [1.82, 2.24) is 4.57 Å². The van der Waals surface area contributed by atoms with Crippen molar-refractivity contribution in [1.29, 1.82) is 5.26 Å². The van der Waals surface area contributed by atoms with Gasteiger partial charge in [0.15, 0.2) is 22.9 Å². The maximum absolute atomic E-state index is 13.7. The zero-order valence-electron chi connectivity index (χ0n) is 21.3. The zero-order valence-corrected chi connectivity index (χ0v) is 22.1. The molecule has 9 heteroatoms. The molecule has 0 saturated carbocycles. The molecule has 0 amide bonds. The fraction of sp³-hybridized carbons (Fsp3) is 0.286. The van der Waals surface area contributed by atoms with Crippen LogP contribution < -0.4 is 24.4 Å². The van der Waals surface area contributed by atoms with Gasteiger partial charge in [-0.2, -0.15) is 5.26 Å². The highest BCUT2D eigenvalue weighted by molar-refractivity contribution is 7.07. The molecule has 0 saturated heterocycles. The normalized spacial score (nSPS) is 15.2. The summed E-state index contributed by atoms with van der Waals surface area (Å²) in [6.45, 7) is 5.87. The number of thiazole rings is 1. The predicted octanol–water partition coefficient (Wildman–Crippen LogP) is 3.44. The van der Waals surface area contributed by atoms with Gasteiger partial charge in [-0.15, -0.1) is 0 Å². The average Bonchev–Trinajstić information content (AvgIpc) is 3.20. The molecule has 0 bridgehead atoms. The third-order valence-electron chi connectivity index (χ3n) is 6.12. The Balaban J connectivity index is 1.87. The number of benzene rings is 2. The van der Waals surface area contributed by atoms with Crippen LogP contribution in [0.25, 0.3) is 6.08 Å². The zero-order chi connectivity index (χ0) is 26.7. The van der Waals surface area contributed by atoms with Crippen molar-refractivity contribution in [3.8, 4) is 17.6 Å². The fourth-order valence-corrected chi connectivity index (χ4v) is 5.27. The number of esters is 1. The van der Waals surface area contributed by atoms with Crippen LogP contribution in [0.4, 0.5) is 0 Å². The Morgan fingerprint density at radius 3 is 2.54 bits per heavy atom. The van der Waals surface area contributed by atoms with Gasteiger partial charge in [0.1, 0.15) is 6.07 Å². The third kappa shape index (κ3) is 5.06. The van der Waals surface area contributed by atoms with Crippen LogP contribution in [0.3, 0.4) is 0 Å². The van der Waals surface area contributed by atoms with Crippen molar-refractivity contribution in [2.45, 2.75) is 32.7 Å². The topological polar surface area (TPSA) is 103 Å². The summed E-state index contributed by atoms with van der Waals surface area (Å²) in [6.07, 6.45) is 1.75. The number of nitrogens with zero attached hydrogens (tertiary/aromatic N) is 3. The molecule has 0 radical (unpaired) electrons. The Morgan fingerprint density at radius 2 is 1.92 bits per heavy atom. The Kier molecular flexibility index (Phi) is 7.60. The van der Waals surface area contributed by atoms with Gasteiger partial charge in [-0.05, 0) is 47.7 Å². The number of carbonyl (C=O) groups excluding carboxylic acids is 1. The number of carbonyl (C=O) groups is 1. The molecule has 2 aromatic carbocycles. The number of hydrogen-bond acceptors (Lipinski definition) is 8. The number of nitriles is 1. The number of aromatic nitrogens is 1. The van der Waals surface area contributed by atoms with Crippen LogP contribution in [0.5, 0.6) is 11.5 Å². The third-order valence-corrected chi connectivity index (χ3v) is 7.11. The summed E-state index contributed by atoms with van der Waals surface area (Å²) < 4.78 is 17.9. The smallest absolute Gasteiger partial charge is 0.338 e. The first-order valence-corrected chi connectivity index (χ1v) is 12.5. The molecule has 190 valence electrons. The molecule has 0 aliphatic carbocycles. The Labute approximate surface area is 218 Å². The maximum atomic E-state index is 13.7. The standard InChI is InChI=1S/C28H27N3O5S/c1-16(2)19-7-9-20(10-8-19)25-24(27(33)35-5)17(3)30-28-31(25)26(32)23(37-28)15-18-6-11-21(36-13-12-29)22(14-18)34-4/h6-11,14-16,25H,13H2,1-5H3/b23-15-/t25-/m1/s1. The summed E-state index contributed by atoms with van der Waals surface area (Å²) in [7, 11) is 2.83. The Bertz CT molecular complexity index is 1590. The van der Waals surface area contributed by atoms with E-state index in [1.54, 1.807) is 35.8 Å². The summed E-state index contributed by atoms with van der Waals surface area (Å²) in [5.41, 5.74) is 3.25. The minimum absolute atomic E-state index is 0.103. The van der Waals surface area contributed by atoms with Gasteiger partial charge >= 0.3 is 5.97 Å². The Morgan fingerprint density at radius 1 is 1.19 bits per heavy atom. The lowest BCUT2D eigenvalue weighted by atomic mass is 9.93. The highest BCUT2D eigenvalue weighted by Gasteiger charge is 2.33. The first-order valence-electron chi connectivity index (χ1n) is 11.7. The molecule has 37 heavy (non-hydrogen) atoms. The number of hydrogen-bond donors (Lipinski definition) is 0. The first kappa shape index (κ1) is 25.9. The van der Waals surface area contributed by atoms with Crippen molar-refractivity contribution in [2.24, 2.45) is 4.99 Å². The van der Waals surface area contributed by atoms with E-state index in [9.17, 15) is 9.59 Å². The van der Waals surface area contributed by atoms with E-state index in [1.165, 1.54) is 25.6 Å². The van der Waals surface area contributed by atoms with Gasteiger partial charge in [0.2, 0.25) is 0 Å². The lowest BCUT2D eigenvalue weighted by Crippen LogP contribution is -2.39. The molecule has 2 heterocycles. The monoisotopic (exact) mass is 517 g/mol. The summed E-state index contributed by atoms with van der Waals surface area (Å²) in [6, 6.07) is 14.4. The van der Waals surface area contributed by atoms with Gasteiger partial charge in [0, 0.05) is 0 Å². The highest BCUT2D eigenvalue weighted by Crippen LogP contribution is 2.32. The number of rotatable bonds is 7. The van der Waals surface area contributed by atoms with E-state index < -0.39 is 12.0 Å². The molecular weight excluding hydrogens is 490 g/mol. The quantitative estimate of drug-likeness (QED) is 0.445. The lowest BCUT2D eigenvalue weighted by Gasteiger charge is -2.24. The maximum Gasteiger partial charge on any atom is 0.338 e. The molecule has 0 fully saturated rings. The summed E-state index contributed by atoms with van der Waals surface area (Å²) in [5.74, 6) is 0.711. The van der Waals surface area contributed by atoms with Gasteiger partial charge < -0.3 is 14.2 Å². The molecule has 1 atom stereocenters. The van der Waals surface area contributed by atoms with E-state index in [2.05, 4.69) is 18.8 Å². The Hall–Kier alpha value is -4.16. The van der Waals surface area contributed by atoms with E-state index in [4.69, 9.17) is 19.5 Å². The molecule has 0 N–H and O–H groups in total. The molecule has 1 aliphatic rings. The van der Waals surface area contributed by atoms with Crippen molar-refractivity contribution >= 4 is 23.4 Å². The number of allylic oxidation sites excluding steroid dienone is 1. The second kappa shape index (κ2) is 10.8. The number of ether oxygens (including phenoxy) is 3. The van der Waals surface area contributed by atoms with Crippen molar-refractivity contribution in [3.63, 3.8) is 0 Å². The molecule has 3 aromatic rings. The van der Waals surface area contributed by atoms with Gasteiger partial charge in [-0.1, -0.05) is 55.5 Å². The molecule has 1 aromatic heterocycles. The SMILES string of the molecule is COC(=O)C1=C(C)N=c2s/c(=C\c3ccc(OCC#N)c(OC)c3)c(=O)n2[C@@H]1c1ccc(C(C)C)cc1. The number of fused-ring (bicyclic) bond motifs is 1. The summed E-state index contributed by atoms with van der Waals surface area (Å²) >= 11 is 1.25. The minimum Gasteiger partial charge on any atom is -0.493 e. The first-order chi connectivity index (χ1) is 17.8. The molecule has 4 rings (SSSR count).